The van der Waals surface area contributed by atoms with Crippen LogP contribution in [-0.2, 0) is 6.54 Å². The molecule has 0 spiro atoms. The quantitative estimate of drug-likeness (QED) is 0.741. The van der Waals surface area contributed by atoms with E-state index < -0.39 is 0 Å². The van der Waals surface area contributed by atoms with E-state index in [1.54, 1.807) is 0 Å². The van der Waals surface area contributed by atoms with Crippen LogP contribution >= 0.6 is 0 Å². The van der Waals surface area contributed by atoms with E-state index in [0.717, 1.165) is 12.1 Å². The second-order valence-electron chi connectivity index (χ2n) is 2.98. The minimum Gasteiger partial charge on any atom is -0.316 e. The van der Waals surface area contributed by atoms with Crippen LogP contribution in [0.3, 0.4) is 0 Å². The molecule has 0 atom stereocenters. The topological polar surface area (TPSA) is 66.5 Å². The third-order valence-electron chi connectivity index (χ3n) is 1.93. The van der Waals surface area contributed by atoms with Crippen LogP contribution in [0.25, 0.3) is 11.4 Å². The molecule has 0 bridgehead atoms. The number of aromatic nitrogens is 4. The zero-order chi connectivity index (χ0) is 9.80. The van der Waals surface area contributed by atoms with Crippen molar-refractivity contribution in [3.05, 3.63) is 29.8 Å². The molecular formula is C9H11N5. The molecule has 0 unspecified atom stereocenters. The average Bonchev–Trinajstić information content (AvgIpc) is 2.71. The highest BCUT2D eigenvalue weighted by Crippen LogP contribution is 2.14. The molecule has 0 saturated heterocycles. The van der Waals surface area contributed by atoms with Crippen LogP contribution in [0.1, 0.15) is 5.56 Å². The maximum Gasteiger partial charge on any atom is 0.179 e. The van der Waals surface area contributed by atoms with E-state index in [0.29, 0.717) is 5.82 Å². The van der Waals surface area contributed by atoms with Gasteiger partial charge in [0.25, 0.3) is 0 Å². The third-order valence-corrected chi connectivity index (χ3v) is 1.93. The molecule has 1 aromatic heterocycles. The van der Waals surface area contributed by atoms with Crippen molar-refractivity contribution in [2.24, 2.45) is 0 Å². The first kappa shape index (κ1) is 8.83. The first-order chi connectivity index (χ1) is 6.90. The summed E-state index contributed by atoms with van der Waals surface area (Å²) >= 11 is 0. The molecule has 0 saturated carbocycles. The van der Waals surface area contributed by atoms with Crippen LogP contribution in [-0.4, -0.2) is 27.7 Å². The predicted molar refractivity (Wildman–Crippen MR) is 52.4 cm³/mol. The first-order valence-corrected chi connectivity index (χ1v) is 4.38. The molecule has 0 amide bonds. The van der Waals surface area contributed by atoms with E-state index in [-0.39, 0.29) is 0 Å². The molecule has 0 aliphatic heterocycles. The highest BCUT2D eigenvalue weighted by molar-refractivity contribution is 5.54. The molecular weight excluding hydrogens is 178 g/mol. The summed E-state index contributed by atoms with van der Waals surface area (Å²) in [6, 6.07) is 8.08. The van der Waals surface area contributed by atoms with E-state index >= 15 is 0 Å². The maximum atomic E-state index is 3.85. The number of H-pyrrole nitrogens is 1. The maximum absolute atomic E-state index is 3.85. The Morgan fingerprint density at radius 1 is 1.43 bits per heavy atom. The molecule has 2 N–H and O–H groups in total. The normalized spacial score (nSPS) is 10.4. The van der Waals surface area contributed by atoms with E-state index in [2.05, 4.69) is 38.1 Å². The van der Waals surface area contributed by atoms with Crippen LogP contribution in [0, 0.1) is 0 Å². The molecule has 5 nitrogen and oxygen atoms in total. The lowest BCUT2D eigenvalue weighted by Crippen LogP contribution is -2.04. The fraction of sp³-hybridized carbons (Fsp3) is 0.222. The molecule has 0 radical (unpaired) electrons. The van der Waals surface area contributed by atoms with Crippen LogP contribution in [0.5, 0.6) is 0 Å². The Hall–Kier alpha value is -1.75. The number of tetrazole rings is 1. The van der Waals surface area contributed by atoms with Crippen molar-refractivity contribution < 1.29 is 0 Å². The van der Waals surface area contributed by atoms with Crippen molar-refractivity contribution in [1.82, 2.24) is 25.9 Å². The first-order valence-electron chi connectivity index (χ1n) is 4.38. The van der Waals surface area contributed by atoms with Crippen LogP contribution < -0.4 is 5.32 Å². The van der Waals surface area contributed by atoms with Gasteiger partial charge in [0, 0.05) is 12.1 Å². The Labute approximate surface area is 81.5 Å². The third kappa shape index (κ3) is 1.77. The zero-order valence-corrected chi connectivity index (χ0v) is 7.86. The zero-order valence-electron chi connectivity index (χ0n) is 7.86. The van der Waals surface area contributed by atoms with Crippen molar-refractivity contribution in [3.63, 3.8) is 0 Å². The Morgan fingerprint density at radius 2 is 2.36 bits per heavy atom. The monoisotopic (exact) mass is 189 g/mol. The van der Waals surface area contributed by atoms with E-state index in [9.17, 15) is 0 Å². The van der Waals surface area contributed by atoms with Crippen molar-refractivity contribution in [3.8, 4) is 11.4 Å². The number of aromatic amines is 1. The van der Waals surface area contributed by atoms with E-state index in [1.807, 2.05) is 19.2 Å². The number of hydrogen-bond donors (Lipinski definition) is 2. The fourth-order valence-electron chi connectivity index (χ4n) is 1.31. The molecule has 0 fully saturated rings. The lowest BCUT2D eigenvalue weighted by molar-refractivity contribution is 0.818. The molecule has 72 valence electrons. The SMILES string of the molecule is CNCc1cccc(-c2nnn[nH]2)c1. The number of nitrogens with zero attached hydrogens (tertiary/aromatic N) is 3. The lowest BCUT2D eigenvalue weighted by atomic mass is 10.1. The van der Waals surface area contributed by atoms with Gasteiger partial charge in [-0.3, -0.25) is 0 Å². The Morgan fingerprint density at radius 3 is 3.07 bits per heavy atom. The smallest absolute Gasteiger partial charge is 0.179 e. The fourth-order valence-corrected chi connectivity index (χ4v) is 1.31. The van der Waals surface area contributed by atoms with Crippen molar-refractivity contribution >= 4 is 0 Å². The number of rotatable bonds is 3. The van der Waals surface area contributed by atoms with Gasteiger partial charge in [-0.15, -0.1) is 5.10 Å². The Balaban J connectivity index is 2.31. The van der Waals surface area contributed by atoms with Gasteiger partial charge in [-0.1, -0.05) is 18.2 Å². The van der Waals surface area contributed by atoms with Gasteiger partial charge in [0.05, 0.1) is 0 Å². The van der Waals surface area contributed by atoms with Gasteiger partial charge in [0.15, 0.2) is 5.82 Å². The highest BCUT2D eigenvalue weighted by atomic mass is 15.5. The molecule has 0 aliphatic carbocycles. The summed E-state index contributed by atoms with van der Waals surface area (Å²) in [5, 5.41) is 16.8. The van der Waals surface area contributed by atoms with Crippen molar-refractivity contribution in [2.75, 3.05) is 7.05 Å². The summed E-state index contributed by atoms with van der Waals surface area (Å²) in [6.07, 6.45) is 0. The molecule has 1 aromatic carbocycles. The minimum atomic E-state index is 0.697. The van der Waals surface area contributed by atoms with E-state index in [4.69, 9.17) is 0 Å². The van der Waals surface area contributed by atoms with E-state index in [1.165, 1.54) is 5.56 Å². The largest absolute Gasteiger partial charge is 0.316 e. The Kier molecular flexibility index (Phi) is 2.51. The number of benzene rings is 1. The number of hydrogen-bond acceptors (Lipinski definition) is 4. The highest BCUT2D eigenvalue weighted by Gasteiger charge is 2.01. The predicted octanol–water partition coefficient (Wildman–Crippen LogP) is 0.586. The van der Waals surface area contributed by atoms with Crippen molar-refractivity contribution in [1.29, 1.82) is 0 Å². The summed E-state index contributed by atoms with van der Waals surface area (Å²) in [4.78, 5) is 0. The van der Waals surface area contributed by atoms with Gasteiger partial charge in [-0.05, 0) is 29.1 Å². The minimum absolute atomic E-state index is 0.697. The van der Waals surface area contributed by atoms with Gasteiger partial charge in [0.2, 0.25) is 0 Å². The average molecular weight is 189 g/mol. The van der Waals surface area contributed by atoms with Gasteiger partial charge >= 0.3 is 0 Å². The standard InChI is InChI=1S/C9H11N5/c1-10-6-7-3-2-4-8(5-7)9-11-13-14-12-9/h2-5,10H,6H2,1H3,(H,11,12,13,14). The molecule has 14 heavy (non-hydrogen) atoms. The van der Waals surface area contributed by atoms with Gasteiger partial charge in [-0.25, -0.2) is 5.10 Å². The summed E-state index contributed by atoms with van der Waals surface area (Å²) in [5.41, 5.74) is 2.21. The van der Waals surface area contributed by atoms with Crippen LogP contribution in [0.15, 0.2) is 24.3 Å². The lowest BCUT2D eigenvalue weighted by Gasteiger charge is -2.01. The van der Waals surface area contributed by atoms with Gasteiger partial charge < -0.3 is 5.32 Å². The molecule has 1 heterocycles. The van der Waals surface area contributed by atoms with Crippen molar-refractivity contribution in [2.45, 2.75) is 6.54 Å². The summed E-state index contributed by atoms with van der Waals surface area (Å²) in [7, 11) is 1.92. The van der Waals surface area contributed by atoms with Crippen LogP contribution in [0.2, 0.25) is 0 Å². The molecule has 0 aliphatic rings. The van der Waals surface area contributed by atoms with Gasteiger partial charge in [-0.2, -0.15) is 0 Å². The summed E-state index contributed by atoms with van der Waals surface area (Å²) in [6.45, 7) is 0.843. The second kappa shape index (κ2) is 3.97. The summed E-state index contributed by atoms with van der Waals surface area (Å²) < 4.78 is 0. The molecule has 5 heteroatoms. The van der Waals surface area contributed by atoms with Crippen LogP contribution in [0.4, 0.5) is 0 Å². The second-order valence-corrected chi connectivity index (χ2v) is 2.98. The molecule has 2 rings (SSSR count). The number of nitrogens with one attached hydrogen (secondary N) is 2. The summed E-state index contributed by atoms with van der Waals surface area (Å²) in [5.74, 6) is 0.697. The Bertz CT molecular complexity index is 395. The van der Waals surface area contributed by atoms with Gasteiger partial charge in [0.1, 0.15) is 0 Å². The molecule has 2 aromatic rings.